The summed E-state index contributed by atoms with van der Waals surface area (Å²) in [5.74, 6) is 0.986. The quantitative estimate of drug-likeness (QED) is 0.777. The van der Waals surface area contributed by atoms with Gasteiger partial charge in [-0.05, 0) is 57.4 Å². The maximum atomic E-state index is 9.68. The summed E-state index contributed by atoms with van der Waals surface area (Å²) in [6, 6.07) is 1.58. The number of rotatable bonds is 2. The fourth-order valence-electron chi connectivity index (χ4n) is 4.35. The van der Waals surface area contributed by atoms with Crippen LogP contribution in [0.4, 0.5) is 0 Å². The van der Waals surface area contributed by atoms with Crippen molar-refractivity contribution in [2.75, 3.05) is 6.54 Å². The normalized spacial score (nSPS) is 42.2. The molecule has 2 nitrogen and oxygen atoms in total. The lowest BCUT2D eigenvalue weighted by molar-refractivity contribution is 0.118. The molecule has 2 heteroatoms. The molecule has 1 N–H and O–H groups in total. The van der Waals surface area contributed by atoms with Crippen LogP contribution in [0.2, 0.25) is 0 Å². The van der Waals surface area contributed by atoms with Crippen molar-refractivity contribution in [2.24, 2.45) is 5.92 Å². The van der Waals surface area contributed by atoms with Gasteiger partial charge in [-0.2, -0.15) is 0 Å². The van der Waals surface area contributed by atoms with E-state index in [0.29, 0.717) is 6.04 Å². The summed E-state index contributed by atoms with van der Waals surface area (Å²) in [7, 11) is 0. The number of likely N-dealkylation sites (tertiary alicyclic amines) is 1. The monoisotopic (exact) mass is 223 g/mol. The third-order valence-electron chi connectivity index (χ3n) is 5.13. The Kier molecular flexibility index (Phi) is 3.21. The summed E-state index contributed by atoms with van der Waals surface area (Å²) in [6.07, 6.45) is 12.0. The fourth-order valence-corrected chi connectivity index (χ4v) is 4.35. The summed E-state index contributed by atoms with van der Waals surface area (Å²) < 4.78 is 0. The molecule has 0 aromatic rings. The minimum Gasteiger partial charge on any atom is -0.393 e. The highest BCUT2D eigenvalue weighted by Crippen LogP contribution is 2.39. The van der Waals surface area contributed by atoms with E-state index >= 15 is 0 Å². The second-order valence-electron chi connectivity index (χ2n) is 6.11. The van der Waals surface area contributed by atoms with Gasteiger partial charge in [0.25, 0.3) is 0 Å². The van der Waals surface area contributed by atoms with Crippen molar-refractivity contribution in [3.05, 3.63) is 0 Å². The second-order valence-corrected chi connectivity index (χ2v) is 6.11. The van der Waals surface area contributed by atoms with E-state index in [9.17, 15) is 5.11 Å². The van der Waals surface area contributed by atoms with Crippen LogP contribution in [-0.4, -0.2) is 34.7 Å². The standard InChI is InChI=1S/C14H25NO/c16-13-8-7-12(10-13)15-9-3-6-14(15)11-4-1-2-5-11/h11-14,16H,1-10H2. The molecule has 92 valence electrons. The molecule has 0 bridgehead atoms. The van der Waals surface area contributed by atoms with Crippen LogP contribution < -0.4 is 0 Å². The van der Waals surface area contributed by atoms with E-state index in [1.54, 1.807) is 0 Å². The molecule has 1 aliphatic heterocycles. The Labute approximate surface area is 99.0 Å². The first kappa shape index (κ1) is 11.0. The lowest BCUT2D eigenvalue weighted by Crippen LogP contribution is -2.41. The molecule has 1 heterocycles. The predicted molar refractivity (Wildman–Crippen MR) is 65.3 cm³/mol. The third-order valence-corrected chi connectivity index (χ3v) is 5.13. The third kappa shape index (κ3) is 2.02. The van der Waals surface area contributed by atoms with Crippen LogP contribution in [0.15, 0.2) is 0 Å². The number of aliphatic hydroxyl groups is 1. The molecule has 0 radical (unpaired) electrons. The van der Waals surface area contributed by atoms with Gasteiger partial charge < -0.3 is 5.11 Å². The van der Waals surface area contributed by atoms with Crippen molar-refractivity contribution in [3.8, 4) is 0 Å². The van der Waals surface area contributed by atoms with Crippen molar-refractivity contribution in [3.63, 3.8) is 0 Å². The molecule has 0 aromatic carbocycles. The highest BCUT2D eigenvalue weighted by Gasteiger charge is 2.39. The molecule has 0 spiro atoms. The summed E-state index contributed by atoms with van der Waals surface area (Å²) in [6.45, 7) is 1.30. The number of aliphatic hydroxyl groups excluding tert-OH is 1. The molecule has 2 saturated carbocycles. The Bertz CT molecular complexity index is 237. The highest BCUT2D eigenvalue weighted by molar-refractivity contribution is 4.93. The van der Waals surface area contributed by atoms with Crippen LogP contribution in [0.1, 0.15) is 57.8 Å². The Morgan fingerprint density at radius 1 is 0.875 bits per heavy atom. The zero-order valence-electron chi connectivity index (χ0n) is 10.3. The molecular weight excluding hydrogens is 198 g/mol. The zero-order valence-corrected chi connectivity index (χ0v) is 10.3. The first-order chi connectivity index (χ1) is 7.84. The molecule has 3 rings (SSSR count). The lowest BCUT2D eigenvalue weighted by Gasteiger charge is -2.34. The van der Waals surface area contributed by atoms with Crippen LogP contribution in [0.25, 0.3) is 0 Å². The molecule has 0 amide bonds. The second kappa shape index (κ2) is 4.66. The molecule has 3 atom stereocenters. The molecular formula is C14H25NO. The number of nitrogens with zero attached hydrogens (tertiary/aromatic N) is 1. The van der Waals surface area contributed by atoms with E-state index < -0.39 is 0 Å². The van der Waals surface area contributed by atoms with Gasteiger partial charge in [-0.3, -0.25) is 4.90 Å². The average molecular weight is 223 g/mol. The van der Waals surface area contributed by atoms with E-state index in [1.807, 2.05) is 0 Å². The van der Waals surface area contributed by atoms with Gasteiger partial charge in [-0.15, -0.1) is 0 Å². The summed E-state index contributed by atoms with van der Waals surface area (Å²) >= 11 is 0. The minimum absolute atomic E-state index is 0.00479. The van der Waals surface area contributed by atoms with Crippen molar-refractivity contribution < 1.29 is 5.11 Å². The average Bonchev–Trinajstić information content (AvgIpc) is 2.96. The Balaban J connectivity index is 1.64. The summed E-state index contributed by atoms with van der Waals surface area (Å²) in [5, 5.41) is 9.68. The summed E-state index contributed by atoms with van der Waals surface area (Å²) in [4.78, 5) is 2.77. The molecule has 16 heavy (non-hydrogen) atoms. The van der Waals surface area contributed by atoms with E-state index in [4.69, 9.17) is 0 Å². The van der Waals surface area contributed by atoms with E-state index in [-0.39, 0.29) is 6.10 Å². The van der Waals surface area contributed by atoms with E-state index in [1.165, 1.54) is 51.5 Å². The van der Waals surface area contributed by atoms with Gasteiger partial charge in [0.15, 0.2) is 0 Å². The van der Waals surface area contributed by atoms with Crippen LogP contribution in [0, 0.1) is 5.92 Å². The van der Waals surface area contributed by atoms with Gasteiger partial charge in [0.1, 0.15) is 0 Å². The van der Waals surface area contributed by atoms with Gasteiger partial charge >= 0.3 is 0 Å². The van der Waals surface area contributed by atoms with Crippen molar-refractivity contribution in [2.45, 2.75) is 76.0 Å². The molecule has 3 aliphatic rings. The zero-order chi connectivity index (χ0) is 11.0. The predicted octanol–water partition coefficient (Wildman–Crippen LogP) is 2.55. The molecule has 1 saturated heterocycles. The van der Waals surface area contributed by atoms with Crippen LogP contribution in [0.3, 0.4) is 0 Å². The Morgan fingerprint density at radius 3 is 2.38 bits per heavy atom. The van der Waals surface area contributed by atoms with Gasteiger partial charge in [0, 0.05) is 12.1 Å². The first-order valence-corrected chi connectivity index (χ1v) is 7.28. The van der Waals surface area contributed by atoms with Gasteiger partial charge in [-0.1, -0.05) is 12.8 Å². The van der Waals surface area contributed by atoms with Crippen molar-refractivity contribution in [1.82, 2.24) is 4.90 Å². The maximum Gasteiger partial charge on any atom is 0.0555 e. The Morgan fingerprint density at radius 2 is 1.69 bits per heavy atom. The van der Waals surface area contributed by atoms with Crippen LogP contribution >= 0.6 is 0 Å². The van der Waals surface area contributed by atoms with Crippen molar-refractivity contribution >= 4 is 0 Å². The topological polar surface area (TPSA) is 23.5 Å². The van der Waals surface area contributed by atoms with E-state index in [2.05, 4.69) is 4.90 Å². The minimum atomic E-state index is -0.00479. The lowest BCUT2D eigenvalue weighted by atomic mass is 9.95. The first-order valence-electron chi connectivity index (χ1n) is 7.28. The Hall–Kier alpha value is -0.0800. The van der Waals surface area contributed by atoms with Crippen molar-refractivity contribution in [1.29, 1.82) is 0 Å². The van der Waals surface area contributed by atoms with E-state index in [0.717, 1.165) is 24.8 Å². The number of hydrogen-bond acceptors (Lipinski definition) is 2. The van der Waals surface area contributed by atoms with Crippen LogP contribution in [0.5, 0.6) is 0 Å². The van der Waals surface area contributed by atoms with Crippen LogP contribution in [-0.2, 0) is 0 Å². The largest absolute Gasteiger partial charge is 0.393 e. The fraction of sp³-hybridized carbons (Fsp3) is 1.00. The molecule has 2 aliphatic carbocycles. The smallest absolute Gasteiger partial charge is 0.0555 e. The maximum absolute atomic E-state index is 9.68. The molecule has 3 fully saturated rings. The summed E-state index contributed by atoms with van der Waals surface area (Å²) in [5.41, 5.74) is 0. The highest BCUT2D eigenvalue weighted by atomic mass is 16.3. The molecule has 0 aromatic heterocycles. The SMILES string of the molecule is OC1CCC(N2CCCC2C2CCCC2)C1. The number of hydrogen-bond donors (Lipinski definition) is 1. The molecule has 3 unspecified atom stereocenters. The van der Waals surface area contributed by atoms with Gasteiger partial charge in [0.05, 0.1) is 6.10 Å². The van der Waals surface area contributed by atoms with Gasteiger partial charge in [0.2, 0.25) is 0 Å². The van der Waals surface area contributed by atoms with Gasteiger partial charge in [-0.25, -0.2) is 0 Å².